The lowest BCUT2D eigenvalue weighted by Gasteiger charge is -2.30. The number of hydrogen-bond acceptors (Lipinski definition) is 6. The maximum atomic E-state index is 13.3. The zero-order chi connectivity index (χ0) is 23.7. The molecular weight excluding hydrogens is 440 g/mol. The van der Waals surface area contributed by atoms with Gasteiger partial charge in [0.15, 0.2) is 9.84 Å². The van der Waals surface area contributed by atoms with Gasteiger partial charge in [-0.15, -0.1) is 0 Å². The number of aliphatic hydroxyl groups excluding tert-OH is 2. The predicted octanol–water partition coefficient (Wildman–Crippen LogP) is 3.29. The monoisotopic (exact) mass is 470 g/mol. The molecule has 3 aromatic carbocycles. The first-order valence-corrected chi connectivity index (χ1v) is 12.3. The van der Waals surface area contributed by atoms with Crippen molar-refractivity contribution < 1.29 is 28.1 Å². The minimum atomic E-state index is -3.98. The van der Waals surface area contributed by atoms with Crippen molar-refractivity contribution in [2.75, 3.05) is 13.2 Å². The second kappa shape index (κ2) is 12.1. The first kappa shape index (κ1) is 25.1. The smallest absolute Gasteiger partial charge is 0.186 e. The molecule has 0 bridgehead atoms. The molecule has 0 aliphatic rings. The fourth-order valence-corrected chi connectivity index (χ4v) is 5.16. The summed E-state index contributed by atoms with van der Waals surface area (Å²) in [5.74, 6) is 0. The van der Waals surface area contributed by atoms with E-state index in [9.17, 15) is 18.6 Å². The number of ether oxygens (including phenoxy) is 2. The highest BCUT2D eigenvalue weighted by Crippen LogP contribution is 2.24. The summed E-state index contributed by atoms with van der Waals surface area (Å²) in [6.07, 6.45) is -2.47. The van der Waals surface area contributed by atoms with Crippen molar-refractivity contribution in [2.45, 2.75) is 42.5 Å². The van der Waals surface area contributed by atoms with Crippen LogP contribution in [0.25, 0.3) is 0 Å². The summed E-state index contributed by atoms with van der Waals surface area (Å²) in [4.78, 5) is 0.0675. The summed E-state index contributed by atoms with van der Waals surface area (Å²) in [7, 11) is -3.98. The number of aryl methyl sites for hydroxylation is 1. The second-order valence-electron chi connectivity index (χ2n) is 7.91. The van der Waals surface area contributed by atoms with Crippen LogP contribution >= 0.6 is 0 Å². The number of aliphatic hydroxyl groups is 2. The minimum Gasteiger partial charge on any atom is -0.395 e. The Balaban J connectivity index is 1.79. The highest BCUT2D eigenvalue weighted by atomic mass is 32.2. The Hall–Kier alpha value is -2.55. The third-order valence-corrected chi connectivity index (χ3v) is 7.50. The van der Waals surface area contributed by atoms with Gasteiger partial charge in [0, 0.05) is 0 Å². The van der Waals surface area contributed by atoms with Gasteiger partial charge in [0.1, 0.15) is 17.5 Å². The standard InChI is InChI=1S/C26H30O6S/c1-20-12-14-23(15-13-20)33(29,30)25(16-27)26(32-18-22-10-6-3-7-11-22)24(28)19-31-17-21-8-4-2-5-9-21/h2-15,24-28H,16-19H2,1H3/t24-,25-,26-/m1/s1. The third-order valence-electron chi connectivity index (χ3n) is 5.36. The first-order chi connectivity index (χ1) is 15.9. The molecule has 0 radical (unpaired) electrons. The molecule has 0 heterocycles. The lowest BCUT2D eigenvalue weighted by Crippen LogP contribution is -2.48. The third kappa shape index (κ3) is 6.96. The number of rotatable bonds is 12. The Morgan fingerprint density at radius 1 is 0.818 bits per heavy atom. The van der Waals surface area contributed by atoms with E-state index in [0.717, 1.165) is 16.7 Å². The van der Waals surface area contributed by atoms with Gasteiger partial charge in [0.25, 0.3) is 0 Å². The van der Waals surface area contributed by atoms with Gasteiger partial charge in [-0.3, -0.25) is 0 Å². The molecular formula is C26H30O6S. The molecule has 0 saturated heterocycles. The molecule has 6 nitrogen and oxygen atoms in total. The van der Waals surface area contributed by atoms with Gasteiger partial charge >= 0.3 is 0 Å². The summed E-state index contributed by atoms with van der Waals surface area (Å²) < 4.78 is 38.2. The van der Waals surface area contributed by atoms with Crippen molar-refractivity contribution in [3.8, 4) is 0 Å². The van der Waals surface area contributed by atoms with E-state index in [1.807, 2.05) is 67.6 Å². The van der Waals surface area contributed by atoms with Crippen LogP contribution in [0.5, 0.6) is 0 Å². The first-order valence-electron chi connectivity index (χ1n) is 10.8. The highest BCUT2D eigenvalue weighted by Gasteiger charge is 2.39. The topological polar surface area (TPSA) is 93.1 Å². The van der Waals surface area contributed by atoms with Gasteiger partial charge in [-0.2, -0.15) is 0 Å². The number of hydrogen-bond donors (Lipinski definition) is 2. The lowest BCUT2D eigenvalue weighted by atomic mass is 10.1. The van der Waals surface area contributed by atoms with E-state index >= 15 is 0 Å². The van der Waals surface area contributed by atoms with Crippen LogP contribution in [0.4, 0.5) is 0 Å². The van der Waals surface area contributed by atoms with Gasteiger partial charge in [-0.05, 0) is 30.2 Å². The van der Waals surface area contributed by atoms with Crippen LogP contribution < -0.4 is 0 Å². The molecule has 0 aliphatic carbocycles. The molecule has 3 atom stereocenters. The Bertz CT molecular complexity index is 1070. The van der Waals surface area contributed by atoms with Crippen LogP contribution in [0.2, 0.25) is 0 Å². The van der Waals surface area contributed by atoms with Crippen molar-refractivity contribution in [1.29, 1.82) is 0 Å². The highest BCUT2D eigenvalue weighted by molar-refractivity contribution is 7.92. The summed E-state index contributed by atoms with van der Waals surface area (Å²) in [6, 6.07) is 25.1. The van der Waals surface area contributed by atoms with E-state index in [4.69, 9.17) is 9.47 Å². The zero-order valence-electron chi connectivity index (χ0n) is 18.6. The Morgan fingerprint density at radius 2 is 1.36 bits per heavy atom. The summed E-state index contributed by atoms with van der Waals surface area (Å²) >= 11 is 0. The van der Waals surface area contributed by atoms with Crippen molar-refractivity contribution in [2.24, 2.45) is 0 Å². The van der Waals surface area contributed by atoms with Crippen LogP contribution in [-0.4, -0.2) is 49.3 Å². The summed E-state index contributed by atoms with van der Waals surface area (Å²) in [5, 5.41) is 19.6. The average Bonchev–Trinajstić information content (AvgIpc) is 2.83. The SMILES string of the molecule is Cc1ccc(S(=O)(=O)[C@H](CO)[C@H](OCc2ccccc2)[C@H](O)COCc2ccccc2)cc1. The zero-order valence-corrected chi connectivity index (χ0v) is 19.4. The van der Waals surface area contributed by atoms with Gasteiger partial charge in [-0.25, -0.2) is 8.42 Å². The fraction of sp³-hybridized carbons (Fsp3) is 0.308. The second-order valence-corrected chi connectivity index (χ2v) is 10.1. The molecule has 0 fully saturated rings. The van der Waals surface area contributed by atoms with Crippen LogP contribution in [0.1, 0.15) is 16.7 Å². The van der Waals surface area contributed by atoms with Crippen molar-refractivity contribution in [1.82, 2.24) is 0 Å². The van der Waals surface area contributed by atoms with Crippen LogP contribution in [-0.2, 0) is 32.5 Å². The minimum absolute atomic E-state index is 0.0675. The molecule has 0 saturated carbocycles. The van der Waals surface area contributed by atoms with Crippen molar-refractivity contribution >= 4 is 9.84 Å². The van der Waals surface area contributed by atoms with Gasteiger partial charge < -0.3 is 19.7 Å². The molecule has 3 aromatic rings. The molecule has 33 heavy (non-hydrogen) atoms. The molecule has 0 spiro atoms. The van der Waals surface area contributed by atoms with E-state index < -0.39 is 33.9 Å². The largest absolute Gasteiger partial charge is 0.395 e. The van der Waals surface area contributed by atoms with E-state index in [1.54, 1.807) is 12.1 Å². The Morgan fingerprint density at radius 3 is 1.91 bits per heavy atom. The normalized spacial score (nSPS) is 14.5. The molecule has 3 rings (SSSR count). The Kier molecular flexibility index (Phi) is 9.17. The van der Waals surface area contributed by atoms with Gasteiger partial charge in [0.2, 0.25) is 0 Å². The van der Waals surface area contributed by atoms with E-state index in [2.05, 4.69) is 0 Å². The molecule has 7 heteroatoms. The molecule has 0 aromatic heterocycles. The van der Waals surface area contributed by atoms with Gasteiger partial charge in [-0.1, -0.05) is 78.4 Å². The van der Waals surface area contributed by atoms with Crippen LogP contribution in [0, 0.1) is 6.92 Å². The summed E-state index contributed by atoms with van der Waals surface area (Å²) in [5.41, 5.74) is 2.67. The van der Waals surface area contributed by atoms with E-state index in [-0.39, 0.29) is 24.7 Å². The van der Waals surface area contributed by atoms with Crippen LogP contribution in [0.15, 0.2) is 89.8 Å². The Labute approximate surface area is 195 Å². The molecule has 176 valence electrons. The van der Waals surface area contributed by atoms with Crippen molar-refractivity contribution in [3.63, 3.8) is 0 Å². The maximum Gasteiger partial charge on any atom is 0.186 e. The van der Waals surface area contributed by atoms with Crippen LogP contribution in [0.3, 0.4) is 0 Å². The van der Waals surface area contributed by atoms with E-state index in [0.29, 0.717) is 0 Å². The fourth-order valence-electron chi connectivity index (χ4n) is 3.48. The predicted molar refractivity (Wildman–Crippen MR) is 126 cm³/mol. The molecule has 0 unspecified atom stereocenters. The van der Waals surface area contributed by atoms with Crippen molar-refractivity contribution in [3.05, 3.63) is 102 Å². The molecule has 2 N–H and O–H groups in total. The molecule has 0 aliphatic heterocycles. The van der Waals surface area contributed by atoms with Gasteiger partial charge in [0.05, 0.1) is 31.3 Å². The number of sulfone groups is 1. The van der Waals surface area contributed by atoms with E-state index in [1.165, 1.54) is 12.1 Å². The quantitative estimate of drug-likeness (QED) is 0.422. The maximum absolute atomic E-state index is 13.3. The molecule has 0 amide bonds. The summed E-state index contributed by atoms with van der Waals surface area (Å²) in [6.45, 7) is 1.36. The lowest BCUT2D eigenvalue weighted by molar-refractivity contribution is -0.0857. The average molecular weight is 471 g/mol. The number of benzene rings is 3.